The standard InChI is InChI=1S/C30H27N3O3S/c1-30(2,3)21-11-9-18(10-12-21)28-32-24-17-22(13-14-25(24)36-28)31-29(37)33-27(34)23-15-19-7-5-6-8-20(19)16-26(23)35-4/h5-17H,1-4H3,(H2,31,33,34,37). The van der Waals surface area contributed by atoms with Crippen molar-refractivity contribution in [3.05, 3.63) is 90.0 Å². The molecule has 5 aromatic rings. The maximum Gasteiger partial charge on any atom is 0.261 e. The van der Waals surface area contributed by atoms with Gasteiger partial charge in [0.15, 0.2) is 10.7 Å². The number of carbonyl (C=O) groups is 1. The number of fused-ring (bicyclic) bond motifs is 2. The number of aromatic nitrogens is 1. The zero-order chi connectivity index (χ0) is 26.2. The van der Waals surface area contributed by atoms with Crippen LogP contribution in [0.3, 0.4) is 0 Å². The molecule has 1 amide bonds. The van der Waals surface area contributed by atoms with Crippen LogP contribution in [0.25, 0.3) is 33.3 Å². The van der Waals surface area contributed by atoms with Crippen LogP contribution in [0.2, 0.25) is 0 Å². The first-order valence-electron chi connectivity index (χ1n) is 11.9. The Bertz CT molecular complexity index is 1630. The lowest BCUT2D eigenvalue weighted by molar-refractivity contribution is 0.0975. The number of thiocarbonyl (C=S) groups is 1. The minimum Gasteiger partial charge on any atom is -0.496 e. The van der Waals surface area contributed by atoms with Gasteiger partial charge in [0.05, 0.1) is 12.7 Å². The van der Waals surface area contributed by atoms with E-state index in [1.807, 2.05) is 60.7 Å². The van der Waals surface area contributed by atoms with Crippen LogP contribution in [-0.4, -0.2) is 23.1 Å². The number of nitrogens with zero attached hydrogens (tertiary/aromatic N) is 1. The first-order chi connectivity index (χ1) is 17.7. The van der Waals surface area contributed by atoms with E-state index >= 15 is 0 Å². The Morgan fingerprint density at radius 1 is 0.946 bits per heavy atom. The predicted molar refractivity (Wildman–Crippen MR) is 152 cm³/mol. The summed E-state index contributed by atoms with van der Waals surface area (Å²) in [6.45, 7) is 6.55. The number of benzene rings is 4. The third-order valence-corrected chi connectivity index (χ3v) is 6.39. The molecule has 0 bridgehead atoms. The average molecular weight is 510 g/mol. The third kappa shape index (κ3) is 5.17. The fraction of sp³-hybridized carbons (Fsp3) is 0.167. The van der Waals surface area contributed by atoms with E-state index in [1.165, 1.54) is 12.7 Å². The molecule has 0 saturated carbocycles. The van der Waals surface area contributed by atoms with Crippen molar-refractivity contribution < 1.29 is 13.9 Å². The molecule has 0 unspecified atom stereocenters. The van der Waals surface area contributed by atoms with Crippen LogP contribution in [0.1, 0.15) is 36.7 Å². The van der Waals surface area contributed by atoms with E-state index in [0.29, 0.717) is 34.0 Å². The van der Waals surface area contributed by atoms with E-state index in [4.69, 9.17) is 21.4 Å². The van der Waals surface area contributed by atoms with Crippen molar-refractivity contribution in [2.75, 3.05) is 12.4 Å². The van der Waals surface area contributed by atoms with Crippen LogP contribution in [0, 0.1) is 0 Å². The maximum atomic E-state index is 13.0. The second-order valence-electron chi connectivity index (χ2n) is 9.84. The molecule has 0 saturated heterocycles. The molecule has 0 atom stereocenters. The van der Waals surface area contributed by atoms with E-state index in [-0.39, 0.29) is 16.4 Å². The number of hydrogen-bond acceptors (Lipinski definition) is 5. The minimum absolute atomic E-state index is 0.0771. The Morgan fingerprint density at radius 3 is 2.32 bits per heavy atom. The summed E-state index contributed by atoms with van der Waals surface area (Å²) in [6.07, 6.45) is 0. The van der Waals surface area contributed by atoms with Gasteiger partial charge in [0.1, 0.15) is 11.3 Å². The van der Waals surface area contributed by atoms with E-state index in [1.54, 1.807) is 6.07 Å². The van der Waals surface area contributed by atoms with Gasteiger partial charge in [0.25, 0.3) is 5.91 Å². The largest absolute Gasteiger partial charge is 0.496 e. The molecule has 4 aromatic carbocycles. The minimum atomic E-state index is -0.358. The average Bonchev–Trinajstić information content (AvgIpc) is 3.31. The summed E-state index contributed by atoms with van der Waals surface area (Å²) in [5, 5.41) is 7.89. The van der Waals surface area contributed by atoms with Crippen molar-refractivity contribution in [2.24, 2.45) is 0 Å². The molecule has 0 aliphatic carbocycles. The van der Waals surface area contributed by atoms with Crippen molar-refractivity contribution in [1.82, 2.24) is 10.3 Å². The normalized spacial score (nSPS) is 11.5. The Hall–Kier alpha value is -4.23. The predicted octanol–water partition coefficient (Wildman–Crippen LogP) is 7.08. The molecule has 6 nitrogen and oxygen atoms in total. The van der Waals surface area contributed by atoms with Crippen LogP contribution in [-0.2, 0) is 5.41 Å². The molecule has 2 N–H and O–H groups in total. The summed E-state index contributed by atoms with van der Waals surface area (Å²) in [5.41, 5.74) is 4.67. The Kier molecular flexibility index (Phi) is 6.39. The zero-order valence-corrected chi connectivity index (χ0v) is 21.9. The van der Waals surface area contributed by atoms with Gasteiger partial charge in [-0.3, -0.25) is 10.1 Å². The van der Waals surface area contributed by atoms with E-state index in [2.05, 4.69) is 48.5 Å². The first-order valence-corrected chi connectivity index (χ1v) is 12.3. The Balaban J connectivity index is 1.31. The van der Waals surface area contributed by atoms with Gasteiger partial charge < -0.3 is 14.5 Å². The van der Waals surface area contributed by atoms with Gasteiger partial charge in [-0.2, -0.15) is 0 Å². The molecule has 1 aromatic heterocycles. The smallest absolute Gasteiger partial charge is 0.261 e. The van der Waals surface area contributed by atoms with Crippen LogP contribution in [0.5, 0.6) is 5.75 Å². The lowest BCUT2D eigenvalue weighted by Crippen LogP contribution is -2.34. The molecular formula is C30H27N3O3S. The Morgan fingerprint density at radius 2 is 1.65 bits per heavy atom. The lowest BCUT2D eigenvalue weighted by atomic mass is 9.87. The van der Waals surface area contributed by atoms with Crippen molar-refractivity contribution in [2.45, 2.75) is 26.2 Å². The van der Waals surface area contributed by atoms with Crippen LogP contribution < -0.4 is 15.4 Å². The van der Waals surface area contributed by atoms with Gasteiger partial charge in [-0.1, -0.05) is 57.2 Å². The van der Waals surface area contributed by atoms with E-state index in [9.17, 15) is 4.79 Å². The zero-order valence-electron chi connectivity index (χ0n) is 21.1. The number of ether oxygens (including phenoxy) is 1. The maximum absolute atomic E-state index is 13.0. The van der Waals surface area contributed by atoms with Crippen molar-refractivity contribution >= 4 is 50.8 Å². The highest BCUT2D eigenvalue weighted by Gasteiger charge is 2.17. The van der Waals surface area contributed by atoms with Gasteiger partial charge in [-0.05, 0) is 76.4 Å². The SMILES string of the molecule is COc1cc2ccccc2cc1C(=O)NC(=S)Nc1ccc2oc(-c3ccc(C(C)(C)C)cc3)nc2c1. The molecule has 0 aliphatic rings. The molecule has 0 radical (unpaired) electrons. The summed E-state index contributed by atoms with van der Waals surface area (Å²) >= 11 is 5.41. The van der Waals surface area contributed by atoms with Crippen LogP contribution >= 0.6 is 12.2 Å². The first kappa shape index (κ1) is 24.5. The number of methoxy groups -OCH3 is 1. The fourth-order valence-electron chi connectivity index (χ4n) is 4.14. The number of rotatable bonds is 4. The lowest BCUT2D eigenvalue weighted by Gasteiger charge is -2.18. The molecule has 0 fully saturated rings. The molecule has 5 rings (SSSR count). The van der Waals surface area contributed by atoms with Crippen molar-refractivity contribution in [1.29, 1.82) is 0 Å². The number of amides is 1. The van der Waals surface area contributed by atoms with Gasteiger partial charge in [-0.25, -0.2) is 4.98 Å². The fourth-order valence-corrected chi connectivity index (χ4v) is 4.35. The topological polar surface area (TPSA) is 76.4 Å². The quantitative estimate of drug-likeness (QED) is 0.252. The van der Waals surface area contributed by atoms with Gasteiger partial charge in [0.2, 0.25) is 5.89 Å². The number of oxazole rings is 1. The molecular weight excluding hydrogens is 482 g/mol. The molecule has 1 heterocycles. The molecule has 0 spiro atoms. The van der Waals surface area contributed by atoms with Crippen molar-refractivity contribution in [3.8, 4) is 17.2 Å². The number of nitrogens with one attached hydrogen (secondary N) is 2. The van der Waals surface area contributed by atoms with E-state index < -0.39 is 0 Å². The second kappa shape index (κ2) is 9.67. The highest BCUT2D eigenvalue weighted by atomic mass is 32.1. The summed E-state index contributed by atoms with van der Waals surface area (Å²) in [6, 6.07) is 25.2. The monoisotopic (exact) mass is 509 g/mol. The highest BCUT2D eigenvalue weighted by Crippen LogP contribution is 2.29. The summed E-state index contributed by atoms with van der Waals surface area (Å²) < 4.78 is 11.4. The summed E-state index contributed by atoms with van der Waals surface area (Å²) in [4.78, 5) is 17.6. The molecule has 0 aliphatic heterocycles. The van der Waals surface area contributed by atoms with Crippen molar-refractivity contribution in [3.63, 3.8) is 0 Å². The molecule has 37 heavy (non-hydrogen) atoms. The third-order valence-electron chi connectivity index (χ3n) is 6.18. The van der Waals surface area contributed by atoms with Gasteiger partial charge in [-0.15, -0.1) is 0 Å². The van der Waals surface area contributed by atoms with E-state index in [0.717, 1.165) is 16.3 Å². The number of hydrogen-bond donors (Lipinski definition) is 2. The second-order valence-corrected chi connectivity index (χ2v) is 10.2. The molecule has 186 valence electrons. The van der Waals surface area contributed by atoms with Gasteiger partial charge in [0, 0.05) is 11.3 Å². The van der Waals surface area contributed by atoms with Crippen LogP contribution in [0.4, 0.5) is 5.69 Å². The molecule has 7 heteroatoms. The van der Waals surface area contributed by atoms with Crippen LogP contribution in [0.15, 0.2) is 83.3 Å². The summed E-state index contributed by atoms with van der Waals surface area (Å²) in [7, 11) is 1.54. The summed E-state index contributed by atoms with van der Waals surface area (Å²) in [5.74, 6) is 0.668. The number of carbonyl (C=O) groups excluding carboxylic acids is 1. The Labute approximate surface area is 220 Å². The number of anilines is 1. The highest BCUT2D eigenvalue weighted by molar-refractivity contribution is 7.80. The van der Waals surface area contributed by atoms with Gasteiger partial charge >= 0.3 is 0 Å².